The van der Waals surface area contributed by atoms with E-state index in [0.29, 0.717) is 29.3 Å². The highest BCUT2D eigenvalue weighted by atomic mass is 16.5. The summed E-state index contributed by atoms with van der Waals surface area (Å²) in [5.41, 5.74) is 2.22. The van der Waals surface area contributed by atoms with Gasteiger partial charge in [-0.05, 0) is 24.5 Å². The molecule has 23 heavy (non-hydrogen) atoms. The lowest BCUT2D eigenvalue weighted by atomic mass is 10.0. The monoisotopic (exact) mass is 310 g/mol. The smallest absolute Gasteiger partial charge is 0.250 e. The Morgan fingerprint density at radius 1 is 1.09 bits per heavy atom. The number of hydrogen-bond donors (Lipinski definition) is 2. The predicted octanol–water partition coefficient (Wildman–Crippen LogP) is 3.78. The van der Waals surface area contributed by atoms with Crippen molar-refractivity contribution in [2.75, 3.05) is 10.6 Å². The average molecular weight is 310 g/mol. The second-order valence-corrected chi connectivity index (χ2v) is 5.48. The van der Waals surface area contributed by atoms with E-state index in [9.17, 15) is 0 Å². The van der Waals surface area contributed by atoms with Crippen molar-refractivity contribution in [3.05, 3.63) is 47.9 Å². The van der Waals surface area contributed by atoms with Crippen LogP contribution < -0.4 is 10.6 Å². The number of benzene rings is 1. The third-order valence-corrected chi connectivity index (χ3v) is 3.27. The molecular weight excluding hydrogens is 292 g/mol. The van der Waals surface area contributed by atoms with Gasteiger partial charge in [0.05, 0.1) is 6.20 Å². The Balaban J connectivity index is 1.80. The van der Waals surface area contributed by atoms with Crippen LogP contribution in [-0.2, 0) is 0 Å². The minimum Gasteiger partial charge on any atom is -0.360 e. The molecule has 0 spiro atoms. The van der Waals surface area contributed by atoms with Crippen LogP contribution in [0.3, 0.4) is 0 Å². The molecule has 0 atom stereocenters. The van der Waals surface area contributed by atoms with Gasteiger partial charge in [0.15, 0.2) is 11.6 Å². The van der Waals surface area contributed by atoms with E-state index < -0.39 is 0 Å². The van der Waals surface area contributed by atoms with Crippen molar-refractivity contribution in [3.63, 3.8) is 0 Å². The molecule has 0 aliphatic heterocycles. The molecule has 1 aromatic carbocycles. The maximum absolute atomic E-state index is 5.00. The van der Waals surface area contributed by atoms with Crippen molar-refractivity contribution in [2.45, 2.75) is 26.7 Å². The molecule has 7 heteroatoms. The molecule has 2 heterocycles. The van der Waals surface area contributed by atoms with Crippen molar-refractivity contribution in [2.24, 2.45) is 0 Å². The van der Waals surface area contributed by atoms with Gasteiger partial charge in [-0.2, -0.15) is 10.1 Å². The van der Waals surface area contributed by atoms with Gasteiger partial charge in [0, 0.05) is 11.8 Å². The van der Waals surface area contributed by atoms with E-state index in [2.05, 4.69) is 50.9 Å². The maximum atomic E-state index is 5.00. The molecule has 7 nitrogen and oxygen atoms in total. The first-order valence-electron chi connectivity index (χ1n) is 7.38. The van der Waals surface area contributed by atoms with Crippen molar-refractivity contribution in [1.29, 1.82) is 0 Å². The van der Waals surface area contributed by atoms with E-state index in [4.69, 9.17) is 4.52 Å². The molecule has 3 rings (SSSR count). The summed E-state index contributed by atoms with van der Waals surface area (Å²) in [6.45, 7) is 6.12. The summed E-state index contributed by atoms with van der Waals surface area (Å²) >= 11 is 0. The van der Waals surface area contributed by atoms with E-state index >= 15 is 0 Å². The fourth-order valence-corrected chi connectivity index (χ4v) is 2.21. The molecule has 0 saturated heterocycles. The standard InChI is InChI=1S/C16H18N6O/c1-10(2)12-6-4-5-7-13(12)18-15-9-17-21-16(20-15)19-14-8-11(3)23-22-14/h4-10H,1-3H3,(H2,18,19,20,21,22). The Morgan fingerprint density at radius 2 is 1.91 bits per heavy atom. The van der Waals surface area contributed by atoms with Crippen LogP contribution >= 0.6 is 0 Å². The molecule has 0 aliphatic carbocycles. The Bertz CT molecular complexity index is 799. The Kier molecular flexibility index (Phi) is 4.18. The van der Waals surface area contributed by atoms with Crippen LogP contribution in [0.1, 0.15) is 31.1 Å². The van der Waals surface area contributed by atoms with Gasteiger partial charge in [-0.3, -0.25) is 0 Å². The van der Waals surface area contributed by atoms with Crippen LogP contribution in [0.4, 0.5) is 23.3 Å². The minimum atomic E-state index is 0.352. The summed E-state index contributed by atoms with van der Waals surface area (Å²) in [6, 6.07) is 9.89. The van der Waals surface area contributed by atoms with Crippen LogP contribution in [-0.4, -0.2) is 20.3 Å². The molecule has 0 radical (unpaired) electrons. The molecule has 0 fully saturated rings. The number of aromatic nitrogens is 4. The highest BCUT2D eigenvalue weighted by Crippen LogP contribution is 2.26. The Hall–Kier alpha value is -2.96. The molecule has 0 amide bonds. The zero-order chi connectivity index (χ0) is 16.2. The van der Waals surface area contributed by atoms with Gasteiger partial charge in [0.1, 0.15) is 5.76 Å². The van der Waals surface area contributed by atoms with Gasteiger partial charge in [-0.1, -0.05) is 37.2 Å². The van der Waals surface area contributed by atoms with Crippen LogP contribution in [0.2, 0.25) is 0 Å². The maximum Gasteiger partial charge on any atom is 0.250 e. The largest absolute Gasteiger partial charge is 0.360 e. The number of anilines is 4. The van der Waals surface area contributed by atoms with Gasteiger partial charge in [-0.15, -0.1) is 5.10 Å². The number of aryl methyl sites for hydroxylation is 1. The summed E-state index contributed by atoms with van der Waals surface area (Å²) in [5.74, 6) is 2.62. The number of para-hydroxylation sites is 1. The average Bonchev–Trinajstić information content (AvgIpc) is 2.93. The topological polar surface area (TPSA) is 88.8 Å². The van der Waals surface area contributed by atoms with Gasteiger partial charge in [0.2, 0.25) is 5.95 Å². The lowest BCUT2D eigenvalue weighted by Gasteiger charge is -2.13. The second-order valence-electron chi connectivity index (χ2n) is 5.48. The van der Waals surface area contributed by atoms with Gasteiger partial charge in [0.25, 0.3) is 0 Å². The zero-order valence-corrected chi connectivity index (χ0v) is 13.2. The fraction of sp³-hybridized carbons (Fsp3) is 0.250. The van der Waals surface area contributed by atoms with Crippen molar-refractivity contribution < 1.29 is 4.52 Å². The quantitative estimate of drug-likeness (QED) is 0.741. The van der Waals surface area contributed by atoms with Crippen molar-refractivity contribution in [3.8, 4) is 0 Å². The SMILES string of the molecule is Cc1cc(Nc2nncc(Nc3ccccc3C(C)C)n2)no1. The number of hydrogen-bond acceptors (Lipinski definition) is 7. The summed E-state index contributed by atoms with van der Waals surface area (Å²) in [4.78, 5) is 4.40. The van der Waals surface area contributed by atoms with E-state index in [1.165, 1.54) is 5.56 Å². The van der Waals surface area contributed by atoms with E-state index in [0.717, 1.165) is 5.69 Å². The number of rotatable bonds is 5. The summed E-state index contributed by atoms with van der Waals surface area (Å²) in [6.07, 6.45) is 1.58. The van der Waals surface area contributed by atoms with Gasteiger partial charge < -0.3 is 15.2 Å². The molecular formula is C16H18N6O. The molecule has 0 unspecified atom stereocenters. The molecule has 0 aliphatic rings. The molecule has 118 valence electrons. The first kappa shape index (κ1) is 15.0. The van der Waals surface area contributed by atoms with Gasteiger partial charge >= 0.3 is 0 Å². The molecule has 3 aromatic rings. The number of nitrogens with one attached hydrogen (secondary N) is 2. The first-order chi connectivity index (χ1) is 11.1. The van der Waals surface area contributed by atoms with Crippen LogP contribution in [0.25, 0.3) is 0 Å². The lowest BCUT2D eigenvalue weighted by Crippen LogP contribution is -2.04. The summed E-state index contributed by atoms with van der Waals surface area (Å²) in [7, 11) is 0. The fourth-order valence-electron chi connectivity index (χ4n) is 2.21. The molecule has 0 bridgehead atoms. The third-order valence-electron chi connectivity index (χ3n) is 3.27. The highest BCUT2D eigenvalue weighted by Gasteiger charge is 2.08. The number of nitrogens with zero attached hydrogens (tertiary/aromatic N) is 4. The van der Waals surface area contributed by atoms with E-state index in [-0.39, 0.29) is 0 Å². The lowest BCUT2D eigenvalue weighted by molar-refractivity contribution is 0.400. The Labute approximate surface area is 134 Å². The van der Waals surface area contributed by atoms with Gasteiger partial charge in [-0.25, -0.2) is 0 Å². The Morgan fingerprint density at radius 3 is 2.65 bits per heavy atom. The van der Waals surface area contributed by atoms with Crippen molar-refractivity contribution in [1.82, 2.24) is 20.3 Å². The normalized spacial score (nSPS) is 10.8. The van der Waals surface area contributed by atoms with Crippen LogP contribution in [0.15, 0.2) is 41.1 Å². The van der Waals surface area contributed by atoms with Crippen LogP contribution in [0.5, 0.6) is 0 Å². The zero-order valence-electron chi connectivity index (χ0n) is 13.2. The predicted molar refractivity (Wildman–Crippen MR) is 88.2 cm³/mol. The minimum absolute atomic E-state index is 0.352. The van der Waals surface area contributed by atoms with E-state index in [1.54, 1.807) is 12.3 Å². The van der Waals surface area contributed by atoms with Crippen LogP contribution in [0, 0.1) is 6.92 Å². The first-order valence-corrected chi connectivity index (χ1v) is 7.38. The molecule has 0 saturated carbocycles. The van der Waals surface area contributed by atoms with E-state index in [1.807, 2.05) is 25.1 Å². The van der Waals surface area contributed by atoms with Crippen molar-refractivity contribution >= 4 is 23.3 Å². The second kappa shape index (κ2) is 6.43. The third kappa shape index (κ3) is 3.63. The summed E-state index contributed by atoms with van der Waals surface area (Å²) in [5, 5.41) is 18.0. The summed E-state index contributed by atoms with van der Waals surface area (Å²) < 4.78 is 5.00. The molecule has 2 N–H and O–H groups in total. The molecule has 2 aromatic heterocycles. The highest BCUT2D eigenvalue weighted by molar-refractivity contribution is 5.61.